The van der Waals surface area contributed by atoms with Crippen molar-refractivity contribution in [1.29, 1.82) is 0 Å². The predicted octanol–water partition coefficient (Wildman–Crippen LogP) is 4.86. The molecule has 1 heterocycles. The number of hydrogen-bond donors (Lipinski definition) is 2. The first-order chi connectivity index (χ1) is 15.7. The Morgan fingerprint density at radius 1 is 1.03 bits per heavy atom. The molecule has 3 atom stereocenters. The zero-order valence-corrected chi connectivity index (χ0v) is 19.5. The van der Waals surface area contributed by atoms with Crippen molar-refractivity contribution in [2.24, 2.45) is 17.8 Å². The van der Waals surface area contributed by atoms with Gasteiger partial charge in [0.1, 0.15) is 0 Å². The summed E-state index contributed by atoms with van der Waals surface area (Å²) in [6.07, 6.45) is -1.26. The molecule has 0 radical (unpaired) electrons. The SMILES string of the molecule is CCC(C)C(CNC(=O)O)C(=O)N1C(=O)OC(c2ccccc2)(c2ccccc2)[C@H]1C(C)C. The minimum absolute atomic E-state index is 0.0680. The van der Waals surface area contributed by atoms with E-state index >= 15 is 0 Å². The second kappa shape index (κ2) is 10.1. The molecule has 0 spiro atoms. The van der Waals surface area contributed by atoms with Crippen LogP contribution in [0.4, 0.5) is 9.59 Å². The van der Waals surface area contributed by atoms with Crippen molar-refractivity contribution in [3.05, 3.63) is 71.8 Å². The number of hydrogen-bond acceptors (Lipinski definition) is 4. The lowest BCUT2D eigenvalue weighted by atomic mass is 9.75. The first kappa shape index (κ1) is 24.3. The number of cyclic esters (lactones) is 1. The Labute approximate surface area is 194 Å². The first-order valence-electron chi connectivity index (χ1n) is 11.4. The second-order valence-electron chi connectivity index (χ2n) is 8.91. The number of nitrogens with zero attached hydrogens (tertiary/aromatic N) is 1. The van der Waals surface area contributed by atoms with E-state index in [2.05, 4.69) is 5.32 Å². The molecule has 1 saturated heterocycles. The topological polar surface area (TPSA) is 95.9 Å². The molecule has 1 aliphatic heterocycles. The summed E-state index contributed by atoms with van der Waals surface area (Å²) in [5.41, 5.74) is 0.383. The Morgan fingerprint density at radius 2 is 1.55 bits per heavy atom. The molecule has 3 rings (SSSR count). The number of nitrogens with one attached hydrogen (secondary N) is 1. The van der Waals surface area contributed by atoms with Crippen molar-refractivity contribution in [3.63, 3.8) is 0 Å². The molecule has 2 aromatic carbocycles. The molecule has 7 heteroatoms. The fourth-order valence-corrected chi connectivity index (χ4v) is 4.73. The maximum Gasteiger partial charge on any atom is 0.418 e. The van der Waals surface area contributed by atoms with Crippen LogP contribution < -0.4 is 5.32 Å². The highest BCUT2D eigenvalue weighted by Crippen LogP contribution is 2.47. The fourth-order valence-electron chi connectivity index (χ4n) is 4.73. The van der Waals surface area contributed by atoms with E-state index in [0.29, 0.717) is 6.42 Å². The lowest BCUT2D eigenvalue weighted by Gasteiger charge is -2.38. The van der Waals surface area contributed by atoms with Gasteiger partial charge in [-0.3, -0.25) is 4.79 Å². The van der Waals surface area contributed by atoms with Crippen molar-refractivity contribution < 1.29 is 24.2 Å². The Balaban J connectivity index is 2.15. The lowest BCUT2D eigenvalue weighted by Crippen LogP contribution is -2.53. The number of benzene rings is 2. The maximum atomic E-state index is 13.8. The molecule has 0 aromatic heterocycles. The van der Waals surface area contributed by atoms with Crippen LogP contribution >= 0.6 is 0 Å². The molecule has 0 saturated carbocycles. The van der Waals surface area contributed by atoms with Crippen molar-refractivity contribution in [2.45, 2.75) is 45.8 Å². The molecule has 1 fully saturated rings. The van der Waals surface area contributed by atoms with E-state index in [4.69, 9.17) is 9.84 Å². The minimum Gasteiger partial charge on any atom is -0.465 e. The number of rotatable bonds is 8. The quantitative estimate of drug-likeness (QED) is 0.596. The van der Waals surface area contributed by atoms with E-state index in [9.17, 15) is 14.4 Å². The molecule has 3 amide bonds. The van der Waals surface area contributed by atoms with Gasteiger partial charge >= 0.3 is 12.2 Å². The van der Waals surface area contributed by atoms with Crippen molar-refractivity contribution in [3.8, 4) is 0 Å². The van der Waals surface area contributed by atoms with Gasteiger partial charge in [-0.2, -0.15) is 0 Å². The number of ether oxygens (including phenoxy) is 1. The molecule has 0 bridgehead atoms. The summed E-state index contributed by atoms with van der Waals surface area (Å²) in [6.45, 7) is 7.68. The Hall–Kier alpha value is -3.35. The smallest absolute Gasteiger partial charge is 0.418 e. The van der Waals surface area contributed by atoms with Gasteiger partial charge in [-0.05, 0) is 11.8 Å². The van der Waals surface area contributed by atoms with Gasteiger partial charge in [-0.15, -0.1) is 0 Å². The molecule has 1 aliphatic rings. The number of carbonyl (C=O) groups excluding carboxylic acids is 2. The van der Waals surface area contributed by atoms with Gasteiger partial charge in [0.15, 0.2) is 5.60 Å². The van der Waals surface area contributed by atoms with Gasteiger partial charge in [-0.1, -0.05) is 94.8 Å². The average Bonchev–Trinajstić information content (AvgIpc) is 3.14. The molecular formula is C26H32N2O5. The number of carboxylic acid groups (broad SMARTS) is 1. The van der Waals surface area contributed by atoms with E-state index in [-0.39, 0.29) is 18.4 Å². The molecule has 0 aliphatic carbocycles. The predicted molar refractivity (Wildman–Crippen MR) is 125 cm³/mol. The molecule has 33 heavy (non-hydrogen) atoms. The van der Waals surface area contributed by atoms with Gasteiger partial charge in [0, 0.05) is 17.7 Å². The summed E-state index contributed by atoms with van der Waals surface area (Å²) >= 11 is 0. The monoisotopic (exact) mass is 452 g/mol. The Morgan fingerprint density at radius 3 is 1.97 bits per heavy atom. The average molecular weight is 453 g/mol. The summed E-state index contributed by atoms with van der Waals surface area (Å²) < 4.78 is 6.15. The maximum absolute atomic E-state index is 13.8. The van der Waals surface area contributed by atoms with E-state index in [1.807, 2.05) is 88.4 Å². The van der Waals surface area contributed by atoms with E-state index in [1.54, 1.807) is 0 Å². The lowest BCUT2D eigenvalue weighted by molar-refractivity contribution is -0.136. The molecule has 2 aromatic rings. The van der Waals surface area contributed by atoms with Gasteiger partial charge in [0.2, 0.25) is 5.91 Å². The fraction of sp³-hybridized carbons (Fsp3) is 0.423. The second-order valence-corrected chi connectivity index (χ2v) is 8.91. The van der Waals surface area contributed by atoms with Crippen LogP contribution in [0.2, 0.25) is 0 Å². The van der Waals surface area contributed by atoms with E-state index in [1.165, 1.54) is 4.90 Å². The molecule has 2 unspecified atom stereocenters. The molecule has 176 valence electrons. The zero-order chi connectivity index (χ0) is 24.2. The van der Waals surface area contributed by atoms with Crippen LogP contribution in [0.15, 0.2) is 60.7 Å². The van der Waals surface area contributed by atoms with Crippen molar-refractivity contribution >= 4 is 18.1 Å². The third-order valence-corrected chi connectivity index (χ3v) is 6.54. The van der Waals surface area contributed by atoms with Crippen LogP contribution in [0.1, 0.15) is 45.2 Å². The van der Waals surface area contributed by atoms with Crippen molar-refractivity contribution in [2.75, 3.05) is 6.54 Å². The largest absolute Gasteiger partial charge is 0.465 e. The third kappa shape index (κ3) is 4.58. The summed E-state index contributed by atoms with van der Waals surface area (Å²) in [5.74, 6) is -1.38. The zero-order valence-electron chi connectivity index (χ0n) is 19.5. The van der Waals surface area contributed by atoms with Crippen LogP contribution in [-0.2, 0) is 15.1 Å². The van der Waals surface area contributed by atoms with Gasteiger partial charge < -0.3 is 15.2 Å². The summed E-state index contributed by atoms with van der Waals surface area (Å²) in [5, 5.41) is 11.4. The standard InChI is InChI=1S/C26H32N2O5/c1-5-18(4)21(16-27-24(30)31)23(29)28-22(17(2)3)26(33-25(28)32,19-12-8-6-9-13-19)20-14-10-7-11-15-20/h6-15,17-18,21-22,27H,5,16H2,1-4H3,(H,30,31)/t18?,21?,22-/m1/s1. The molecule has 2 N–H and O–H groups in total. The highest BCUT2D eigenvalue weighted by molar-refractivity contribution is 5.96. The summed E-state index contributed by atoms with van der Waals surface area (Å²) in [6, 6.07) is 18.3. The van der Waals surface area contributed by atoms with Gasteiger partial charge in [0.25, 0.3) is 0 Å². The first-order valence-corrected chi connectivity index (χ1v) is 11.4. The highest BCUT2D eigenvalue weighted by atomic mass is 16.6. The number of carbonyl (C=O) groups is 3. The normalized spacial score (nSPS) is 19.1. The Bertz CT molecular complexity index is 937. The van der Waals surface area contributed by atoms with Crippen LogP contribution in [0.5, 0.6) is 0 Å². The highest BCUT2D eigenvalue weighted by Gasteiger charge is 2.60. The third-order valence-electron chi connectivity index (χ3n) is 6.54. The molecular weight excluding hydrogens is 420 g/mol. The van der Waals surface area contributed by atoms with E-state index < -0.39 is 35.7 Å². The van der Waals surface area contributed by atoms with Crippen LogP contribution in [0.25, 0.3) is 0 Å². The van der Waals surface area contributed by atoms with Crippen LogP contribution in [0, 0.1) is 17.8 Å². The van der Waals surface area contributed by atoms with E-state index in [0.717, 1.165) is 11.1 Å². The van der Waals surface area contributed by atoms with Gasteiger partial charge in [0.05, 0.1) is 12.0 Å². The van der Waals surface area contributed by atoms with Crippen LogP contribution in [-0.4, -0.2) is 40.7 Å². The van der Waals surface area contributed by atoms with Crippen LogP contribution in [0.3, 0.4) is 0 Å². The van der Waals surface area contributed by atoms with Crippen molar-refractivity contribution in [1.82, 2.24) is 10.2 Å². The minimum atomic E-state index is -1.21. The number of amides is 3. The Kier molecular flexibility index (Phi) is 7.41. The number of imide groups is 1. The summed E-state index contributed by atoms with van der Waals surface area (Å²) in [4.78, 5) is 39.6. The summed E-state index contributed by atoms with van der Waals surface area (Å²) in [7, 11) is 0. The van der Waals surface area contributed by atoms with Gasteiger partial charge in [-0.25, -0.2) is 14.5 Å². The molecule has 7 nitrogen and oxygen atoms in total.